The molecule has 0 amide bonds. The standard InChI is InChI=1S/C29H52FN3O8/c1-3-5-6-7-8-9-10-11-12-13-14-15-16-17-18-19-24(30)33(40)28(38)25(35)23(21-34)41-29(28,39)32-20-22(4-2)26(36)31-27(32)37/h20,23-25,34-35,38-40H,3-19,21H2,1-2H3,(H,31,36,37)/t23-,24?,25-,28-,29-/m1/s1. The maximum atomic E-state index is 15.2. The Morgan fingerprint density at radius 2 is 1.44 bits per heavy atom. The lowest BCUT2D eigenvalue weighted by Gasteiger charge is -2.43. The minimum atomic E-state index is -3.29. The first-order valence-electron chi connectivity index (χ1n) is 15.5. The van der Waals surface area contributed by atoms with Crippen molar-refractivity contribution in [2.24, 2.45) is 0 Å². The highest BCUT2D eigenvalue weighted by Gasteiger charge is 2.71. The Kier molecular flexibility index (Phi) is 15.1. The minimum absolute atomic E-state index is 0.0185. The highest BCUT2D eigenvalue weighted by atomic mass is 19.1. The Labute approximate surface area is 241 Å². The van der Waals surface area contributed by atoms with E-state index in [9.17, 15) is 35.2 Å². The molecule has 1 aromatic rings. The van der Waals surface area contributed by atoms with Gasteiger partial charge in [-0.15, -0.1) is 5.06 Å². The Morgan fingerprint density at radius 1 is 0.951 bits per heavy atom. The van der Waals surface area contributed by atoms with Gasteiger partial charge in [-0.25, -0.2) is 13.8 Å². The van der Waals surface area contributed by atoms with Crippen LogP contribution < -0.4 is 11.2 Å². The molecule has 1 unspecified atom stereocenters. The Hall–Kier alpha value is -1.67. The molecule has 0 aromatic carbocycles. The number of unbranched alkanes of at least 4 members (excludes halogenated alkanes) is 14. The maximum absolute atomic E-state index is 15.2. The normalized spacial score (nSPS) is 25.3. The van der Waals surface area contributed by atoms with Crippen LogP contribution in [0.15, 0.2) is 15.8 Å². The number of alkyl halides is 1. The fourth-order valence-corrected chi connectivity index (χ4v) is 5.48. The summed E-state index contributed by atoms with van der Waals surface area (Å²) >= 11 is 0. The molecule has 12 heteroatoms. The Morgan fingerprint density at radius 3 is 1.90 bits per heavy atom. The predicted molar refractivity (Wildman–Crippen MR) is 152 cm³/mol. The van der Waals surface area contributed by atoms with Gasteiger partial charge in [-0.05, 0) is 19.3 Å². The summed E-state index contributed by atoms with van der Waals surface area (Å²) in [5.74, 6) is -3.24. The molecular weight excluding hydrogens is 537 g/mol. The first kappa shape index (κ1) is 35.5. The first-order valence-corrected chi connectivity index (χ1v) is 15.5. The van der Waals surface area contributed by atoms with E-state index >= 15 is 4.39 Å². The molecule has 41 heavy (non-hydrogen) atoms. The average Bonchev–Trinajstić information content (AvgIpc) is 3.16. The van der Waals surface area contributed by atoms with E-state index in [4.69, 9.17) is 4.74 Å². The SMILES string of the molecule is CCCCCCCCCCCCCCCCCC(F)N(O)[C@@]1(O)[C@H](O)[C@@H](CO)O[C@@]1(O)n1cc(CC)c(=O)[nH]c1=O. The maximum Gasteiger partial charge on any atom is 0.332 e. The van der Waals surface area contributed by atoms with E-state index in [1.54, 1.807) is 6.92 Å². The van der Waals surface area contributed by atoms with Gasteiger partial charge in [-0.1, -0.05) is 104 Å². The number of aromatic nitrogens is 2. The number of nitrogens with zero attached hydrogens (tertiary/aromatic N) is 2. The van der Waals surface area contributed by atoms with Crippen molar-refractivity contribution in [3.8, 4) is 0 Å². The fraction of sp³-hybridized carbons (Fsp3) is 0.862. The van der Waals surface area contributed by atoms with Crippen LogP contribution in [0.3, 0.4) is 0 Å². The van der Waals surface area contributed by atoms with Crippen molar-refractivity contribution in [3.63, 3.8) is 0 Å². The molecule has 11 nitrogen and oxygen atoms in total. The van der Waals surface area contributed by atoms with Gasteiger partial charge < -0.3 is 30.4 Å². The molecular formula is C29H52FN3O8. The van der Waals surface area contributed by atoms with Crippen LogP contribution in [0.25, 0.3) is 0 Å². The van der Waals surface area contributed by atoms with Crippen LogP contribution in [-0.2, 0) is 17.1 Å². The van der Waals surface area contributed by atoms with Crippen molar-refractivity contribution in [1.82, 2.24) is 14.6 Å². The predicted octanol–water partition coefficient (Wildman–Crippen LogP) is 3.39. The number of aromatic amines is 1. The van der Waals surface area contributed by atoms with Crippen LogP contribution in [0.1, 0.15) is 122 Å². The molecule has 5 atom stereocenters. The second-order valence-electron chi connectivity index (χ2n) is 11.3. The van der Waals surface area contributed by atoms with Crippen LogP contribution in [0.4, 0.5) is 4.39 Å². The molecule has 1 saturated heterocycles. The quantitative estimate of drug-likeness (QED) is 0.0545. The number of halogens is 1. The largest absolute Gasteiger partial charge is 0.394 e. The number of nitrogens with one attached hydrogen (secondary N) is 1. The third-order valence-corrected chi connectivity index (χ3v) is 8.12. The number of hydrogen-bond acceptors (Lipinski definition) is 9. The molecule has 0 radical (unpaired) electrons. The zero-order chi connectivity index (χ0) is 30.5. The highest BCUT2D eigenvalue weighted by molar-refractivity contribution is 5.10. The van der Waals surface area contributed by atoms with E-state index in [0.29, 0.717) is 17.4 Å². The van der Waals surface area contributed by atoms with E-state index < -0.39 is 48.0 Å². The lowest BCUT2D eigenvalue weighted by atomic mass is 9.99. The molecule has 2 rings (SSSR count). The summed E-state index contributed by atoms with van der Waals surface area (Å²) in [6, 6.07) is 0. The monoisotopic (exact) mass is 589 g/mol. The summed E-state index contributed by atoms with van der Waals surface area (Å²) in [6.45, 7) is 2.91. The summed E-state index contributed by atoms with van der Waals surface area (Å²) in [6.07, 6.45) is 11.6. The topological polar surface area (TPSA) is 168 Å². The molecule has 2 heterocycles. The number of aliphatic hydroxyl groups excluding tert-OH is 2. The van der Waals surface area contributed by atoms with Crippen LogP contribution in [0.5, 0.6) is 0 Å². The van der Waals surface area contributed by atoms with E-state index in [-0.39, 0.29) is 23.5 Å². The Bertz CT molecular complexity index is 1010. The first-order chi connectivity index (χ1) is 19.6. The summed E-state index contributed by atoms with van der Waals surface area (Å²) in [5.41, 5.74) is -5.24. The number of H-pyrrole nitrogens is 1. The number of aliphatic hydroxyl groups is 4. The van der Waals surface area contributed by atoms with E-state index in [1.165, 1.54) is 64.2 Å². The number of ether oxygens (including phenoxy) is 1. The average molecular weight is 590 g/mol. The number of hydrogen-bond donors (Lipinski definition) is 6. The lowest BCUT2D eigenvalue weighted by molar-refractivity contribution is -0.428. The molecule has 0 saturated carbocycles. The van der Waals surface area contributed by atoms with Gasteiger partial charge in [0.2, 0.25) is 5.72 Å². The second-order valence-corrected chi connectivity index (χ2v) is 11.3. The third kappa shape index (κ3) is 8.92. The molecule has 6 N–H and O–H groups in total. The lowest BCUT2D eigenvalue weighted by Crippen LogP contribution is -2.69. The Balaban J connectivity index is 1.84. The van der Waals surface area contributed by atoms with Crippen LogP contribution in [0, 0.1) is 0 Å². The van der Waals surface area contributed by atoms with Crippen LogP contribution >= 0.6 is 0 Å². The van der Waals surface area contributed by atoms with Gasteiger partial charge in [0, 0.05) is 11.8 Å². The smallest absolute Gasteiger partial charge is 0.332 e. The zero-order valence-corrected chi connectivity index (χ0v) is 24.8. The molecule has 0 aliphatic carbocycles. The van der Waals surface area contributed by atoms with Crippen molar-refractivity contribution in [3.05, 3.63) is 32.6 Å². The summed E-state index contributed by atoms with van der Waals surface area (Å²) in [4.78, 5) is 26.5. The van der Waals surface area contributed by atoms with Crippen molar-refractivity contribution >= 4 is 0 Å². The number of aryl methyl sites for hydroxylation is 1. The molecule has 1 fully saturated rings. The fourth-order valence-electron chi connectivity index (χ4n) is 5.48. The van der Waals surface area contributed by atoms with Crippen molar-refractivity contribution in [2.75, 3.05) is 6.61 Å². The van der Waals surface area contributed by atoms with Crippen LogP contribution in [-0.4, -0.2) is 71.1 Å². The van der Waals surface area contributed by atoms with Gasteiger partial charge in [0.1, 0.15) is 12.2 Å². The summed E-state index contributed by atoms with van der Waals surface area (Å²) in [7, 11) is 0. The van der Waals surface area contributed by atoms with Gasteiger partial charge in [-0.2, -0.15) is 0 Å². The van der Waals surface area contributed by atoms with Crippen molar-refractivity contribution in [1.29, 1.82) is 0 Å². The molecule has 238 valence electrons. The molecule has 1 aliphatic rings. The van der Waals surface area contributed by atoms with Crippen molar-refractivity contribution < 1.29 is 34.8 Å². The van der Waals surface area contributed by atoms with Gasteiger partial charge in [0.05, 0.1) is 6.61 Å². The third-order valence-electron chi connectivity index (χ3n) is 8.12. The van der Waals surface area contributed by atoms with E-state index in [1.807, 2.05) is 4.98 Å². The molecule has 0 bridgehead atoms. The summed E-state index contributed by atoms with van der Waals surface area (Å²) in [5, 5.41) is 53.3. The van der Waals surface area contributed by atoms with Gasteiger partial charge in [0.25, 0.3) is 5.56 Å². The molecule has 0 spiro atoms. The highest BCUT2D eigenvalue weighted by Crippen LogP contribution is 2.44. The zero-order valence-electron chi connectivity index (χ0n) is 24.8. The van der Waals surface area contributed by atoms with Gasteiger partial charge >= 0.3 is 11.6 Å². The molecule has 1 aliphatic heterocycles. The number of rotatable bonds is 21. The van der Waals surface area contributed by atoms with Crippen LogP contribution in [0.2, 0.25) is 0 Å². The van der Waals surface area contributed by atoms with Gasteiger partial charge in [0.15, 0.2) is 6.30 Å². The van der Waals surface area contributed by atoms with Crippen molar-refractivity contribution in [2.45, 2.75) is 153 Å². The van der Waals surface area contributed by atoms with E-state index in [2.05, 4.69) is 6.92 Å². The van der Waals surface area contributed by atoms with E-state index in [0.717, 1.165) is 25.5 Å². The summed E-state index contributed by atoms with van der Waals surface area (Å²) < 4.78 is 20.7. The molecule has 1 aromatic heterocycles. The number of hydroxylamine groups is 2. The second kappa shape index (κ2) is 17.4. The van der Waals surface area contributed by atoms with Gasteiger partial charge in [-0.3, -0.25) is 9.78 Å². The minimum Gasteiger partial charge on any atom is -0.394 e.